The maximum atomic E-state index is 2.74. The minimum atomic E-state index is -0.116. The van der Waals surface area contributed by atoms with Gasteiger partial charge in [0.2, 0.25) is 0 Å². The maximum absolute atomic E-state index is 2.74. The lowest BCUT2D eigenvalue weighted by molar-refractivity contribution is 0.332. The first-order valence-corrected chi connectivity index (χ1v) is 25.7. The van der Waals surface area contributed by atoms with E-state index in [0.29, 0.717) is 0 Å². The van der Waals surface area contributed by atoms with Crippen LogP contribution >= 0.6 is 11.3 Å². The van der Waals surface area contributed by atoms with Crippen LogP contribution in [-0.4, -0.2) is 6.71 Å². The lowest BCUT2D eigenvalue weighted by Gasteiger charge is -2.47. The second-order valence-electron chi connectivity index (χ2n) is 25.2. The summed E-state index contributed by atoms with van der Waals surface area (Å²) < 4.78 is 2.82. The Bertz CT molecular complexity index is 3260. The zero-order valence-corrected chi connectivity index (χ0v) is 42.8. The number of anilines is 6. The van der Waals surface area contributed by atoms with Crippen molar-refractivity contribution >= 4 is 78.0 Å². The normalized spacial score (nSPS) is 19.6. The molecule has 0 atom stereocenters. The molecular weight excluding hydrogens is 816 g/mol. The Labute approximate surface area is 399 Å². The molecule has 1 aromatic heterocycles. The molecule has 0 N–H and O–H groups in total. The monoisotopic (exact) mass is 883 g/mol. The molecule has 0 spiro atoms. The Morgan fingerprint density at radius 2 is 1.14 bits per heavy atom. The average Bonchev–Trinajstić information content (AvgIpc) is 3.75. The summed E-state index contributed by atoms with van der Waals surface area (Å²) in [5.41, 5.74) is 25.3. The van der Waals surface area contributed by atoms with Gasteiger partial charge >= 0.3 is 0 Å². The zero-order valence-electron chi connectivity index (χ0n) is 42.0. The van der Waals surface area contributed by atoms with Crippen molar-refractivity contribution in [3.63, 3.8) is 0 Å². The first-order valence-electron chi connectivity index (χ1n) is 24.9. The van der Waals surface area contributed by atoms with E-state index >= 15 is 0 Å². The molecule has 0 amide bonds. The predicted molar refractivity (Wildman–Crippen MR) is 287 cm³/mol. The van der Waals surface area contributed by atoms with Gasteiger partial charge in [-0.3, -0.25) is 0 Å². The van der Waals surface area contributed by atoms with Gasteiger partial charge in [-0.25, -0.2) is 0 Å². The lowest BCUT2D eigenvalue weighted by atomic mass is 9.35. The molecule has 0 unspecified atom stereocenters. The minimum Gasteiger partial charge on any atom is -0.311 e. The van der Waals surface area contributed by atoms with Crippen LogP contribution in [0.5, 0.6) is 0 Å². The van der Waals surface area contributed by atoms with E-state index in [1.165, 1.54) is 141 Å². The molecule has 12 rings (SSSR count). The van der Waals surface area contributed by atoms with Crippen molar-refractivity contribution in [2.45, 2.75) is 155 Å². The first kappa shape index (κ1) is 42.3. The van der Waals surface area contributed by atoms with Crippen LogP contribution in [0.4, 0.5) is 34.1 Å². The molecule has 334 valence electrons. The topological polar surface area (TPSA) is 6.48 Å². The van der Waals surface area contributed by atoms with Crippen LogP contribution in [-0.2, 0) is 32.5 Å². The number of hydrogen-bond donors (Lipinski definition) is 0. The zero-order chi connectivity index (χ0) is 46.4. The summed E-state index contributed by atoms with van der Waals surface area (Å²) in [6, 6.07) is 41.7. The van der Waals surface area contributed by atoms with Crippen LogP contribution in [0.25, 0.3) is 21.2 Å². The van der Waals surface area contributed by atoms with E-state index in [1.807, 2.05) is 11.3 Å². The Morgan fingerprint density at radius 1 is 0.530 bits per heavy atom. The van der Waals surface area contributed by atoms with Crippen molar-refractivity contribution in [3.8, 4) is 11.1 Å². The summed E-state index contributed by atoms with van der Waals surface area (Å²) in [5, 5.41) is 1.36. The molecule has 4 heteroatoms. The van der Waals surface area contributed by atoms with Gasteiger partial charge in [0.05, 0.1) is 11.4 Å². The van der Waals surface area contributed by atoms with Crippen molar-refractivity contribution in [1.82, 2.24) is 0 Å². The molecule has 3 aliphatic carbocycles. The summed E-state index contributed by atoms with van der Waals surface area (Å²) in [5.74, 6) is 0. The SMILES string of the molecule is Cc1cc2c3c(c1)N(c1cccc4c1-c1ccccc1C4(C)C)c1c(sc4ccc(C(C)(C)C)cc14)B3c1cc3c(cc1N2c1ccc2c(c1)C(C)(C)CCC2(C)C)C(C)(C)CCC3(C)C. The molecule has 0 fully saturated rings. The van der Waals surface area contributed by atoms with Crippen molar-refractivity contribution in [2.24, 2.45) is 0 Å². The van der Waals surface area contributed by atoms with Gasteiger partial charge in [-0.2, -0.15) is 0 Å². The van der Waals surface area contributed by atoms with E-state index in [-0.39, 0.29) is 39.2 Å². The Morgan fingerprint density at radius 3 is 1.82 bits per heavy atom. The van der Waals surface area contributed by atoms with Crippen molar-refractivity contribution in [1.29, 1.82) is 0 Å². The molecule has 2 aliphatic heterocycles. The molecule has 0 saturated heterocycles. The highest BCUT2D eigenvalue weighted by molar-refractivity contribution is 7.33. The molecule has 0 bridgehead atoms. The molecule has 0 radical (unpaired) electrons. The van der Waals surface area contributed by atoms with Gasteiger partial charge in [0.25, 0.3) is 6.71 Å². The van der Waals surface area contributed by atoms with E-state index in [4.69, 9.17) is 0 Å². The third kappa shape index (κ3) is 5.72. The molecule has 3 heterocycles. The third-order valence-electron chi connectivity index (χ3n) is 17.6. The summed E-state index contributed by atoms with van der Waals surface area (Å²) in [7, 11) is 0. The van der Waals surface area contributed by atoms with Crippen molar-refractivity contribution < 1.29 is 0 Å². The van der Waals surface area contributed by atoms with Gasteiger partial charge in [-0.1, -0.05) is 145 Å². The Hall–Kier alpha value is -5.06. The standard InChI is InChI=1S/C62H67BN2S/c1-36-30-50-54-51(31-36)65(48-21-17-20-43-53(48)39-18-15-16-19-41(39)62(43,13)14)55-40-32-37(57(2,3)4)22-25-52(40)66-56(55)63(54)47-34-45-46(61(11,12)29-28-60(45,9)10)35-49(47)64(50)38-23-24-42-44(33-38)59(7,8)27-26-58(42,5)6/h15-25,30-35H,26-29H2,1-14H3. The summed E-state index contributed by atoms with van der Waals surface area (Å²) >= 11 is 2.03. The lowest BCUT2D eigenvalue weighted by Crippen LogP contribution is -2.61. The minimum absolute atomic E-state index is 0.00910. The second-order valence-corrected chi connectivity index (χ2v) is 26.3. The fraction of sp³-hybridized carbons (Fsp3) is 0.387. The van der Waals surface area contributed by atoms with Crippen LogP contribution in [0.1, 0.15) is 160 Å². The van der Waals surface area contributed by atoms with Gasteiger partial charge in [0.1, 0.15) is 0 Å². The van der Waals surface area contributed by atoms with E-state index < -0.39 is 0 Å². The summed E-state index contributed by atoms with van der Waals surface area (Å²) in [6.07, 6.45) is 4.77. The third-order valence-corrected chi connectivity index (χ3v) is 18.8. The number of benzene rings is 6. The van der Waals surface area contributed by atoms with Gasteiger partial charge < -0.3 is 9.80 Å². The van der Waals surface area contributed by atoms with E-state index in [0.717, 1.165) is 0 Å². The number of fused-ring (bicyclic) bond motifs is 11. The first-order chi connectivity index (χ1) is 31.0. The largest absolute Gasteiger partial charge is 0.311 e. The molecule has 5 aliphatic rings. The molecule has 6 aromatic carbocycles. The molecule has 2 nitrogen and oxygen atoms in total. The maximum Gasteiger partial charge on any atom is 0.264 e. The smallest absolute Gasteiger partial charge is 0.264 e. The fourth-order valence-corrected chi connectivity index (χ4v) is 14.6. The van der Waals surface area contributed by atoms with Gasteiger partial charge in [0.15, 0.2) is 0 Å². The van der Waals surface area contributed by atoms with Crippen molar-refractivity contribution in [3.05, 3.63) is 148 Å². The Kier molecular flexibility index (Phi) is 8.55. The highest BCUT2D eigenvalue weighted by Crippen LogP contribution is 2.58. The number of thiophene rings is 1. The molecule has 0 saturated carbocycles. The highest BCUT2D eigenvalue weighted by atomic mass is 32.1. The average molecular weight is 883 g/mol. The predicted octanol–water partition coefficient (Wildman–Crippen LogP) is 15.6. The Balaban J connectivity index is 1.23. The number of aryl methyl sites for hydroxylation is 1. The highest BCUT2D eigenvalue weighted by Gasteiger charge is 2.49. The van der Waals surface area contributed by atoms with Crippen LogP contribution in [0.15, 0.2) is 103 Å². The molecular formula is C62H67BN2S. The van der Waals surface area contributed by atoms with Crippen LogP contribution < -0.4 is 25.5 Å². The van der Waals surface area contributed by atoms with Gasteiger partial charge in [-0.05, 0) is 169 Å². The van der Waals surface area contributed by atoms with Crippen molar-refractivity contribution in [2.75, 3.05) is 9.80 Å². The van der Waals surface area contributed by atoms with Gasteiger partial charge in [-0.15, -0.1) is 11.3 Å². The van der Waals surface area contributed by atoms with Crippen LogP contribution in [0.3, 0.4) is 0 Å². The van der Waals surface area contributed by atoms with Gasteiger partial charge in [0, 0.05) is 48.6 Å². The second kappa shape index (κ2) is 13.3. The quantitative estimate of drug-likeness (QED) is 0.160. The van der Waals surface area contributed by atoms with Crippen LogP contribution in [0, 0.1) is 6.92 Å². The fourth-order valence-electron chi connectivity index (χ4n) is 13.3. The summed E-state index contributed by atoms with van der Waals surface area (Å²) in [4.78, 5) is 5.46. The van der Waals surface area contributed by atoms with E-state index in [2.05, 4.69) is 210 Å². The molecule has 7 aromatic rings. The molecule has 66 heavy (non-hydrogen) atoms. The van der Waals surface area contributed by atoms with E-state index in [9.17, 15) is 0 Å². The number of rotatable bonds is 2. The van der Waals surface area contributed by atoms with E-state index in [1.54, 1.807) is 0 Å². The summed E-state index contributed by atoms with van der Waals surface area (Å²) in [6.45, 7) is 34.2. The van der Waals surface area contributed by atoms with Crippen LogP contribution in [0.2, 0.25) is 0 Å². The number of hydrogen-bond acceptors (Lipinski definition) is 3. The number of nitrogens with zero attached hydrogens (tertiary/aromatic N) is 2.